The number of ether oxygens (including phenoxy) is 1. The van der Waals surface area contributed by atoms with Crippen molar-refractivity contribution >= 4 is 40.9 Å². The maximum atomic E-state index is 11.9. The minimum Gasteiger partial charge on any atom is -0.479 e. The first-order chi connectivity index (χ1) is 11.1. The van der Waals surface area contributed by atoms with Gasteiger partial charge < -0.3 is 10.1 Å². The van der Waals surface area contributed by atoms with Gasteiger partial charge in [0.15, 0.2) is 6.61 Å². The molecule has 0 aliphatic rings. The van der Waals surface area contributed by atoms with Crippen molar-refractivity contribution in [2.75, 3.05) is 11.9 Å². The molecule has 2 aromatic carbocycles. The van der Waals surface area contributed by atoms with Gasteiger partial charge in [-0.25, -0.2) is 0 Å². The lowest BCUT2D eigenvalue weighted by molar-refractivity contribution is -0.111. The lowest BCUT2D eigenvalue weighted by Gasteiger charge is -2.04. The average Bonchev–Trinajstić information content (AvgIpc) is 2.51. The number of halogens is 2. The molecule has 0 spiro atoms. The van der Waals surface area contributed by atoms with Crippen LogP contribution in [0.4, 0.5) is 5.69 Å². The Kier molecular flexibility index (Phi) is 6.04. The highest BCUT2D eigenvalue weighted by atomic mass is 35.5. The minimum atomic E-state index is -0.285. The van der Waals surface area contributed by atoms with Gasteiger partial charge in [0.05, 0.1) is 0 Å². The minimum absolute atomic E-state index is 0.0172. The first kappa shape index (κ1) is 16.9. The molecule has 2 rings (SSSR count). The molecule has 0 saturated heterocycles. The van der Waals surface area contributed by atoms with Crippen molar-refractivity contribution in [3.63, 3.8) is 0 Å². The van der Waals surface area contributed by atoms with E-state index < -0.39 is 0 Å². The lowest BCUT2D eigenvalue weighted by atomic mass is 10.2. The van der Waals surface area contributed by atoms with Crippen LogP contribution in [0.5, 0.6) is 5.75 Å². The van der Waals surface area contributed by atoms with E-state index >= 15 is 0 Å². The number of nitrogens with zero attached hydrogens (tertiary/aromatic N) is 1. The summed E-state index contributed by atoms with van der Waals surface area (Å²) < 4.78 is 5.13. The van der Waals surface area contributed by atoms with E-state index in [2.05, 4.69) is 5.32 Å². The maximum absolute atomic E-state index is 11.9. The molecule has 0 aliphatic carbocycles. The Morgan fingerprint density at radius 3 is 2.43 bits per heavy atom. The molecule has 0 unspecified atom stereocenters. The highest BCUT2D eigenvalue weighted by Gasteiger charge is 2.00. The van der Waals surface area contributed by atoms with Crippen molar-refractivity contribution < 1.29 is 9.53 Å². The summed E-state index contributed by atoms with van der Waals surface area (Å²) in [5, 5.41) is 12.2. The van der Waals surface area contributed by atoms with Gasteiger partial charge >= 0.3 is 0 Å². The SMILES string of the molecule is N#CCOc1ccc(NC(=O)/C=C/c2cc(Cl)cc(Cl)c2)cc1. The predicted octanol–water partition coefficient (Wildman–Crippen LogP) is 4.55. The van der Waals surface area contributed by atoms with E-state index in [0.29, 0.717) is 21.5 Å². The fourth-order valence-corrected chi connectivity index (χ4v) is 2.32. The Bertz CT molecular complexity index is 745. The quantitative estimate of drug-likeness (QED) is 0.808. The molecule has 4 nitrogen and oxygen atoms in total. The number of rotatable bonds is 5. The fraction of sp³-hybridized carbons (Fsp3) is 0.0588. The summed E-state index contributed by atoms with van der Waals surface area (Å²) in [6, 6.07) is 13.6. The summed E-state index contributed by atoms with van der Waals surface area (Å²) in [7, 11) is 0. The number of hydrogen-bond donors (Lipinski definition) is 1. The van der Waals surface area contributed by atoms with Crippen molar-refractivity contribution in [2.24, 2.45) is 0 Å². The van der Waals surface area contributed by atoms with Gasteiger partial charge in [-0.05, 0) is 54.1 Å². The van der Waals surface area contributed by atoms with Gasteiger partial charge in [-0.15, -0.1) is 0 Å². The number of nitriles is 1. The summed E-state index contributed by atoms with van der Waals surface area (Å²) in [6.45, 7) is -0.0172. The highest BCUT2D eigenvalue weighted by Crippen LogP contribution is 2.20. The zero-order chi connectivity index (χ0) is 16.7. The Morgan fingerprint density at radius 2 is 1.83 bits per heavy atom. The molecule has 2 aromatic rings. The van der Waals surface area contributed by atoms with Crippen LogP contribution < -0.4 is 10.1 Å². The van der Waals surface area contributed by atoms with Crippen LogP contribution >= 0.6 is 23.2 Å². The molecule has 0 radical (unpaired) electrons. The molecule has 0 heterocycles. The van der Waals surface area contributed by atoms with Crippen LogP contribution in [-0.2, 0) is 4.79 Å². The Hall–Kier alpha value is -2.48. The van der Waals surface area contributed by atoms with Crippen molar-refractivity contribution in [1.82, 2.24) is 0 Å². The van der Waals surface area contributed by atoms with E-state index in [1.165, 1.54) is 6.08 Å². The van der Waals surface area contributed by atoms with E-state index in [-0.39, 0.29) is 12.5 Å². The summed E-state index contributed by atoms with van der Waals surface area (Å²) in [4.78, 5) is 11.9. The van der Waals surface area contributed by atoms with E-state index in [9.17, 15) is 4.79 Å². The monoisotopic (exact) mass is 346 g/mol. The third-order valence-corrected chi connectivity index (χ3v) is 3.17. The van der Waals surface area contributed by atoms with E-state index in [1.54, 1.807) is 48.5 Å². The van der Waals surface area contributed by atoms with Crippen molar-refractivity contribution in [3.8, 4) is 11.8 Å². The van der Waals surface area contributed by atoms with Crippen LogP contribution in [0.15, 0.2) is 48.5 Å². The van der Waals surface area contributed by atoms with Crippen LogP contribution in [0.2, 0.25) is 10.0 Å². The van der Waals surface area contributed by atoms with Gasteiger partial charge in [-0.2, -0.15) is 5.26 Å². The Labute approximate surface area is 143 Å². The van der Waals surface area contributed by atoms with Crippen LogP contribution in [0.25, 0.3) is 6.08 Å². The maximum Gasteiger partial charge on any atom is 0.248 e. The molecule has 0 atom stereocenters. The molecule has 1 N–H and O–H groups in total. The molecule has 23 heavy (non-hydrogen) atoms. The second kappa shape index (κ2) is 8.23. The summed E-state index contributed by atoms with van der Waals surface area (Å²) in [5.41, 5.74) is 1.35. The molecular weight excluding hydrogens is 335 g/mol. The van der Waals surface area contributed by atoms with Crippen molar-refractivity contribution in [2.45, 2.75) is 0 Å². The Balaban J connectivity index is 1.96. The van der Waals surface area contributed by atoms with Gasteiger partial charge in [0.2, 0.25) is 5.91 Å². The largest absolute Gasteiger partial charge is 0.479 e. The van der Waals surface area contributed by atoms with Crippen LogP contribution in [0.3, 0.4) is 0 Å². The zero-order valence-electron chi connectivity index (χ0n) is 11.9. The molecule has 1 amide bonds. The van der Waals surface area contributed by atoms with Crippen LogP contribution in [-0.4, -0.2) is 12.5 Å². The molecule has 0 aliphatic heterocycles. The smallest absolute Gasteiger partial charge is 0.248 e. The molecule has 0 aromatic heterocycles. The van der Waals surface area contributed by atoms with Gasteiger partial charge in [-0.1, -0.05) is 23.2 Å². The van der Waals surface area contributed by atoms with E-state index in [1.807, 2.05) is 6.07 Å². The van der Waals surface area contributed by atoms with Crippen LogP contribution in [0, 0.1) is 11.3 Å². The fourth-order valence-electron chi connectivity index (χ4n) is 1.78. The highest BCUT2D eigenvalue weighted by molar-refractivity contribution is 6.34. The average molecular weight is 347 g/mol. The second-order valence-corrected chi connectivity index (χ2v) is 5.37. The summed E-state index contributed by atoms with van der Waals surface area (Å²) in [6.07, 6.45) is 3.01. The van der Waals surface area contributed by atoms with Gasteiger partial charge in [0, 0.05) is 21.8 Å². The normalized spacial score (nSPS) is 10.3. The number of benzene rings is 2. The predicted molar refractivity (Wildman–Crippen MR) is 91.7 cm³/mol. The standard InChI is InChI=1S/C17H12Cl2N2O2/c18-13-9-12(10-14(19)11-13)1-6-17(22)21-15-2-4-16(5-3-15)23-8-7-20/h1-6,9-11H,8H2,(H,21,22)/b6-1+. The number of carbonyl (C=O) groups is 1. The summed E-state index contributed by atoms with van der Waals surface area (Å²) >= 11 is 11.8. The van der Waals surface area contributed by atoms with E-state index in [4.69, 9.17) is 33.2 Å². The second-order valence-electron chi connectivity index (χ2n) is 4.50. The molecule has 0 bridgehead atoms. The molecule has 6 heteroatoms. The lowest BCUT2D eigenvalue weighted by Crippen LogP contribution is -2.07. The number of carbonyl (C=O) groups excluding carboxylic acids is 1. The molecular formula is C17H12Cl2N2O2. The van der Waals surface area contributed by atoms with Gasteiger partial charge in [0.1, 0.15) is 11.8 Å². The van der Waals surface area contributed by atoms with E-state index in [0.717, 1.165) is 5.56 Å². The number of nitrogens with one attached hydrogen (secondary N) is 1. The molecule has 0 fully saturated rings. The van der Waals surface area contributed by atoms with Crippen molar-refractivity contribution in [1.29, 1.82) is 5.26 Å². The zero-order valence-corrected chi connectivity index (χ0v) is 13.4. The Morgan fingerprint density at radius 1 is 1.17 bits per heavy atom. The first-order valence-electron chi connectivity index (χ1n) is 6.62. The number of anilines is 1. The topological polar surface area (TPSA) is 62.1 Å². The number of amides is 1. The number of hydrogen-bond acceptors (Lipinski definition) is 3. The van der Waals surface area contributed by atoms with Crippen molar-refractivity contribution in [3.05, 3.63) is 64.1 Å². The van der Waals surface area contributed by atoms with Gasteiger partial charge in [-0.3, -0.25) is 4.79 Å². The molecule has 116 valence electrons. The summed E-state index contributed by atoms with van der Waals surface area (Å²) in [5.74, 6) is 0.278. The first-order valence-corrected chi connectivity index (χ1v) is 7.37. The molecule has 0 saturated carbocycles. The third kappa shape index (κ3) is 5.67. The third-order valence-electron chi connectivity index (χ3n) is 2.74. The van der Waals surface area contributed by atoms with Gasteiger partial charge in [0.25, 0.3) is 0 Å². The van der Waals surface area contributed by atoms with Crippen LogP contribution in [0.1, 0.15) is 5.56 Å².